The van der Waals surface area contributed by atoms with Gasteiger partial charge in [-0.25, -0.2) is 4.79 Å². The van der Waals surface area contributed by atoms with Crippen molar-refractivity contribution in [1.29, 1.82) is 0 Å². The van der Waals surface area contributed by atoms with E-state index in [-0.39, 0.29) is 23.0 Å². The zero-order valence-corrected chi connectivity index (χ0v) is 15.5. The van der Waals surface area contributed by atoms with Gasteiger partial charge in [-0.05, 0) is 24.3 Å². The topological polar surface area (TPSA) is 108 Å². The van der Waals surface area contributed by atoms with Crippen LogP contribution in [0.3, 0.4) is 0 Å². The monoisotopic (exact) mass is 442 g/mol. The second-order valence-corrected chi connectivity index (χ2v) is 6.20. The van der Waals surface area contributed by atoms with E-state index < -0.39 is 23.4 Å². The number of non-ortho nitro benzene ring substituents is 1. The van der Waals surface area contributed by atoms with Crippen LogP contribution in [-0.2, 0) is 14.3 Å². The summed E-state index contributed by atoms with van der Waals surface area (Å²) in [5.74, 6) is -0.974. The van der Waals surface area contributed by atoms with Gasteiger partial charge in [0.1, 0.15) is 5.75 Å². The smallest absolute Gasteiger partial charge is 0.344 e. The van der Waals surface area contributed by atoms with Crippen molar-refractivity contribution in [3.63, 3.8) is 0 Å². The number of carbonyl (C=O) groups is 2. The predicted octanol–water partition coefficient (Wildman–Crippen LogP) is 3.57. The molecule has 2 rings (SSSR count). The lowest BCUT2D eigenvalue weighted by molar-refractivity contribution is -0.384. The summed E-state index contributed by atoms with van der Waals surface area (Å²) in [4.78, 5) is 33.5. The highest BCUT2D eigenvalue weighted by molar-refractivity contribution is 9.10. The fraction of sp³-hybridized carbons (Fsp3) is 0.125. The van der Waals surface area contributed by atoms with E-state index >= 15 is 0 Å². The molecule has 0 saturated heterocycles. The number of nitro benzene ring substituents is 1. The van der Waals surface area contributed by atoms with Crippen LogP contribution in [0.5, 0.6) is 5.75 Å². The van der Waals surface area contributed by atoms with Crippen molar-refractivity contribution in [2.45, 2.75) is 0 Å². The number of amides is 1. The summed E-state index contributed by atoms with van der Waals surface area (Å²) < 4.78 is 10.8. The number of nitrogens with one attached hydrogen (secondary N) is 1. The Labute approximate surface area is 161 Å². The van der Waals surface area contributed by atoms with Gasteiger partial charge in [0, 0.05) is 16.6 Å². The molecular weight excluding hydrogens is 432 g/mol. The lowest BCUT2D eigenvalue weighted by Crippen LogP contribution is -2.23. The lowest BCUT2D eigenvalue weighted by atomic mass is 10.3. The largest absolute Gasteiger partial charge is 0.482 e. The van der Waals surface area contributed by atoms with Gasteiger partial charge < -0.3 is 14.8 Å². The van der Waals surface area contributed by atoms with Gasteiger partial charge in [-0.1, -0.05) is 33.6 Å². The molecule has 8 nitrogen and oxygen atoms in total. The van der Waals surface area contributed by atoms with Gasteiger partial charge in [0.25, 0.3) is 11.6 Å². The van der Waals surface area contributed by atoms with E-state index in [0.717, 1.165) is 10.5 Å². The van der Waals surface area contributed by atoms with Crippen molar-refractivity contribution in [1.82, 2.24) is 0 Å². The molecule has 0 fully saturated rings. The molecule has 26 heavy (non-hydrogen) atoms. The first-order valence-corrected chi connectivity index (χ1v) is 8.30. The van der Waals surface area contributed by atoms with E-state index in [9.17, 15) is 19.7 Å². The number of hydrogen-bond donors (Lipinski definition) is 1. The molecule has 136 valence electrons. The second kappa shape index (κ2) is 9.16. The summed E-state index contributed by atoms with van der Waals surface area (Å²) >= 11 is 9.14. The van der Waals surface area contributed by atoms with E-state index in [2.05, 4.69) is 21.2 Å². The third kappa shape index (κ3) is 6.01. The second-order valence-electron chi connectivity index (χ2n) is 4.88. The first-order chi connectivity index (χ1) is 12.3. The molecule has 0 unspecified atom stereocenters. The standard InChI is InChI=1S/C16H12BrClN2O6/c17-10-2-1-3-12(6-10)25-9-16(22)26-8-15(21)19-14-7-11(20(23)24)4-5-13(14)18/h1-7H,8-9H2,(H,19,21). The number of rotatable bonds is 7. The molecule has 0 spiro atoms. The van der Waals surface area contributed by atoms with E-state index in [4.69, 9.17) is 21.1 Å². The number of esters is 1. The van der Waals surface area contributed by atoms with Crippen LogP contribution >= 0.6 is 27.5 Å². The first kappa shape index (κ1) is 19.7. The maximum atomic E-state index is 11.8. The van der Waals surface area contributed by atoms with Crippen LogP contribution in [0.4, 0.5) is 11.4 Å². The zero-order chi connectivity index (χ0) is 19.1. The minimum atomic E-state index is -0.745. The average molecular weight is 444 g/mol. The molecule has 2 aromatic carbocycles. The van der Waals surface area contributed by atoms with Gasteiger partial charge in [0.05, 0.1) is 15.6 Å². The third-order valence-electron chi connectivity index (χ3n) is 2.95. The fourth-order valence-corrected chi connectivity index (χ4v) is 2.34. The fourth-order valence-electron chi connectivity index (χ4n) is 1.80. The van der Waals surface area contributed by atoms with Gasteiger partial charge in [-0.3, -0.25) is 14.9 Å². The van der Waals surface area contributed by atoms with Crippen molar-refractivity contribution in [3.05, 3.63) is 62.1 Å². The number of carbonyl (C=O) groups excluding carboxylic acids is 2. The number of anilines is 1. The van der Waals surface area contributed by atoms with Crippen LogP contribution in [0.25, 0.3) is 0 Å². The van der Waals surface area contributed by atoms with Crippen LogP contribution in [-0.4, -0.2) is 30.0 Å². The van der Waals surface area contributed by atoms with Gasteiger partial charge in [0.2, 0.25) is 0 Å². The number of nitrogens with zero attached hydrogens (tertiary/aromatic N) is 1. The number of nitro groups is 1. The zero-order valence-electron chi connectivity index (χ0n) is 13.1. The highest BCUT2D eigenvalue weighted by atomic mass is 79.9. The van der Waals surface area contributed by atoms with E-state index in [1.807, 2.05) is 0 Å². The number of halogens is 2. The van der Waals surface area contributed by atoms with Crippen LogP contribution in [0.1, 0.15) is 0 Å². The Kier molecular flexibility index (Phi) is 6.93. The summed E-state index contributed by atoms with van der Waals surface area (Å²) in [7, 11) is 0. The molecule has 0 aliphatic carbocycles. The Bertz CT molecular complexity index is 845. The van der Waals surface area contributed by atoms with Crippen molar-refractivity contribution in [3.8, 4) is 5.75 Å². The molecule has 10 heteroatoms. The maximum Gasteiger partial charge on any atom is 0.344 e. The lowest BCUT2D eigenvalue weighted by Gasteiger charge is -2.09. The summed E-state index contributed by atoms with van der Waals surface area (Å²) in [6.07, 6.45) is 0. The molecule has 0 aromatic heterocycles. The van der Waals surface area contributed by atoms with Gasteiger partial charge >= 0.3 is 5.97 Å². The molecule has 0 bridgehead atoms. The molecule has 0 aliphatic heterocycles. The van der Waals surface area contributed by atoms with Crippen molar-refractivity contribution >= 4 is 50.8 Å². The molecule has 0 aliphatic rings. The third-order valence-corrected chi connectivity index (χ3v) is 3.77. The quantitative estimate of drug-likeness (QED) is 0.398. The molecule has 2 aromatic rings. The van der Waals surface area contributed by atoms with Gasteiger partial charge in [0.15, 0.2) is 13.2 Å². The van der Waals surface area contributed by atoms with E-state index in [0.29, 0.717) is 5.75 Å². The molecule has 1 amide bonds. The number of ether oxygens (including phenoxy) is 2. The molecule has 0 atom stereocenters. The molecular formula is C16H12BrClN2O6. The van der Waals surface area contributed by atoms with Gasteiger partial charge in [-0.15, -0.1) is 0 Å². The van der Waals surface area contributed by atoms with E-state index in [1.165, 1.54) is 12.1 Å². The Hall–Kier alpha value is -2.65. The Morgan fingerprint density at radius 2 is 1.96 bits per heavy atom. The van der Waals surface area contributed by atoms with E-state index in [1.54, 1.807) is 24.3 Å². The van der Waals surface area contributed by atoms with Crippen LogP contribution < -0.4 is 10.1 Å². The normalized spacial score (nSPS) is 10.1. The maximum absolute atomic E-state index is 11.8. The van der Waals surface area contributed by atoms with Crippen LogP contribution in [0, 0.1) is 10.1 Å². The molecule has 0 heterocycles. The van der Waals surface area contributed by atoms with Crippen molar-refractivity contribution < 1.29 is 24.0 Å². The Morgan fingerprint density at radius 1 is 1.19 bits per heavy atom. The summed E-state index contributed by atoms with van der Waals surface area (Å²) in [6.45, 7) is -0.957. The van der Waals surface area contributed by atoms with Crippen LogP contribution in [0.2, 0.25) is 5.02 Å². The Morgan fingerprint density at radius 3 is 2.65 bits per heavy atom. The highest BCUT2D eigenvalue weighted by Crippen LogP contribution is 2.26. The summed E-state index contributed by atoms with van der Waals surface area (Å²) in [6, 6.07) is 10.5. The number of benzene rings is 2. The van der Waals surface area contributed by atoms with Crippen LogP contribution in [0.15, 0.2) is 46.9 Å². The Balaban J connectivity index is 1.82. The summed E-state index contributed by atoms with van der Waals surface area (Å²) in [5, 5.41) is 13.2. The summed E-state index contributed by atoms with van der Waals surface area (Å²) in [5.41, 5.74) is -0.184. The minimum absolute atomic E-state index is 0.0484. The van der Waals surface area contributed by atoms with Gasteiger partial charge in [-0.2, -0.15) is 0 Å². The van der Waals surface area contributed by atoms with Crippen molar-refractivity contribution in [2.75, 3.05) is 18.5 Å². The average Bonchev–Trinajstić information content (AvgIpc) is 2.60. The molecule has 0 radical (unpaired) electrons. The molecule has 1 N–H and O–H groups in total. The molecule has 0 saturated carbocycles. The minimum Gasteiger partial charge on any atom is -0.482 e. The predicted molar refractivity (Wildman–Crippen MR) is 97.3 cm³/mol. The SMILES string of the molecule is O=C(COC(=O)COc1cccc(Br)c1)Nc1cc([N+](=O)[O-])ccc1Cl. The van der Waals surface area contributed by atoms with Crippen molar-refractivity contribution in [2.24, 2.45) is 0 Å². The highest BCUT2D eigenvalue weighted by Gasteiger charge is 2.14. The number of hydrogen-bond acceptors (Lipinski definition) is 6. The first-order valence-electron chi connectivity index (χ1n) is 7.13.